The zero-order chi connectivity index (χ0) is 5.11. The maximum atomic E-state index is 3.68. The van der Waals surface area contributed by atoms with Gasteiger partial charge in [0.05, 0.1) is 22.4 Å². The summed E-state index contributed by atoms with van der Waals surface area (Å²) in [5, 5.41) is 3.68. The Morgan fingerprint density at radius 3 is 2.86 bits per heavy atom. The molecule has 38 valence electrons. The van der Waals surface area contributed by atoms with Gasteiger partial charge in [-0.25, -0.2) is 9.57 Å². The highest BCUT2D eigenvalue weighted by atomic mass is 79.9. The van der Waals surface area contributed by atoms with Gasteiger partial charge in [0.15, 0.2) is 0 Å². The fourth-order valence-electron chi connectivity index (χ4n) is 0.279. The first-order chi connectivity index (χ1) is 3.39. The van der Waals surface area contributed by atoms with E-state index in [-0.39, 0.29) is 0 Å². The Morgan fingerprint density at radius 1 is 1.71 bits per heavy atom. The van der Waals surface area contributed by atoms with Gasteiger partial charge in [-0.3, -0.25) is 0 Å². The van der Waals surface area contributed by atoms with Gasteiger partial charge in [0.1, 0.15) is 0 Å². The van der Waals surface area contributed by atoms with Crippen LogP contribution < -0.4 is 5.53 Å². The molecular weight excluding hydrogens is 158 g/mol. The molecule has 0 aromatic heterocycles. The second kappa shape index (κ2) is 1.97. The molecule has 0 aromatic rings. The van der Waals surface area contributed by atoms with E-state index in [1.54, 1.807) is 16.4 Å². The summed E-state index contributed by atoms with van der Waals surface area (Å²) in [5.74, 6) is 0. The average molecular weight is 162 g/mol. The molecule has 0 atom stereocenters. The smallest absolute Gasteiger partial charge is 0.0737 e. The van der Waals surface area contributed by atoms with E-state index in [2.05, 4.69) is 26.8 Å². The normalized spacial score (nSPS) is 17.0. The molecule has 1 aliphatic rings. The molecule has 0 spiro atoms. The number of hydrogen-bond donors (Lipinski definition) is 1. The van der Waals surface area contributed by atoms with Crippen LogP contribution in [0.1, 0.15) is 0 Å². The molecule has 1 heterocycles. The quantitative estimate of drug-likeness (QED) is 0.528. The van der Waals surface area contributed by atoms with E-state index in [1.807, 2.05) is 6.08 Å². The third-order valence-corrected chi connectivity index (χ3v) is 0.926. The van der Waals surface area contributed by atoms with Crippen LogP contribution in [-0.2, 0) is 0 Å². The monoisotopic (exact) mass is 161 g/mol. The Bertz CT molecular complexity index is 109. The maximum absolute atomic E-state index is 3.68. The van der Waals surface area contributed by atoms with Gasteiger partial charge in [-0.15, -0.1) is 0 Å². The Kier molecular flexibility index (Phi) is 1.31. The first-order valence-electron chi connectivity index (χ1n) is 1.80. The van der Waals surface area contributed by atoms with E-state index in [9.17, 15) is 0 Å². The van der Waals surface area contributed by atoms with Gasteiger partial charge in [0.2, 0.25) is 0 Å². The van der Waals surface area contributed by atoms with Gasteiger partial charge >= 0.3 is 0 Å². The summed E-state index contributed by atoms with van der Waals surface area (Å²) in [6.45, 7) is 0. The zero-order valence-electron chi connectivity index (χ0n) is 3.50. The van der Waals surface area contributed by atoms with E-state index >= 15 is 0 Å². The van der Waals surface area contributed by atoms with Crippen LogP contribution in [0.2, 0.25) is 0 Å². The predicted molar refractivity (Wildman–Crippen MR) is 31.5 cm³/mol. The molecule has 1 rings (SSSR count). The molecule has 0 amide bonds. The lowest BCUT2D eigenvalue weighted by Crippen LogP contribution is -2.20. The lowest BCUT2D eigenvalue weighted by Gasteiger charge is -2.09. The van der Waals surface area contributed by atoms with E-state index in [0.29, 0.717) is 0 Å². The highest BCUT2D eigenvalue weighted by molar-refractivity contribution is 9.07. The van der Waals surface area contributed by atoms with Crippen molar-refractivity contribution in [1.82, 2.24) is 9.57 Å². The molecule has 3 nitrogen and oxygen atoms in total. The van der Waals surface area contributed by atoms with Crippen LogP contribution in [0.4, 0.5) is 0 Å². The van der Waals surface area contributed by atoms with Gasteiger partial charge in [0.25, 0.3) is 0 Å². The number of hydrogen-bond acceptors (Lipinski definition) is 3. The van der Waals surface area contributed by atoms with E-state index in [1.165, 1.54) is 0 Å². The summed E-state index contributed by atoms with van der Waals surface area (Å²) in [6.07, 6.45) is 5.27. The number of hydrazone groups is 1. The molecule has 0 saturated carbocycles. The minimum absolute atomic E-state index is 1.58. The second-order valence-corrected chi connectivity index (χ2v) is 1.80. The van der Waals surface area contributed by atoms with Crippen molar-refractivity contribution in [2.45, 2.75) is 0 Å². The van der Waals surface area contributed by atoms with Gasteiger partial charge in [0, 0.05) is 6.20 Å². The fourth-order valence-corrected chi connectivity index (χ4v) is 0.507. The number of allylic oxidation sites excluding steroid dienone is 1. The topological polar surface area (TPSA) is 27.6 Å². The van der Waals surface area contributed by atoms with Crippen LogP contribution in [-0.4, -0.2) is 10.2 Å². The highest BCUT2D eigenvalue weighted by Gasteiger charge is 1.87. The lowest BCUT2D eigenvalue weighted by molar-refractivity contribution is 0.483. The molecule has 1 aliphatic heterocycles. The van der Waals surface area contributed by atoms with Crippen molar-refractivity contribution in [2.24, 2.45) is 5.10 Å². The fraction of sp³-hybridized carbons (Fsp3) is 0. The largest absolute Gasteiger partial charge is 0.212 e. The third-order valence-electron chi connectivity index (χ3n) is 0.531. The maximum Gasteiger partial charge on any atom is 0.0737 e. The summed E-state index contributed by atoms with van der Waals surface area (Å²) >= 11 is 3.11. The van der Waals surface area contributed by atoms with E-state index in [4.69, 9.17) is 0 Å². The van der Waals surface area contributed by atoms with Crippen LogP contribution in [0.25, 0.3) is 0 Å². The number of nitrogens with zero attached hydrogens (tertiary/aromatic N) is 2. The van der Waals surface area contributed by atoms with Crippen LogP contribution in [0.15, 0.2) is 17.4 Å². The van der Waals surface area contributed by atoms with Crippen LogP contribution >= 0.6 is 16.1 Å². The first-order valence-corrected chi connectivity index (χ1v) is 2.51. The molecule has 4 heteroatoms. The summed E-state index contributed by atoms with van der Waals surface area (Å²) < 4.78 is 1.58. The molecule has 0 saturated heterocycles. The molecule has 0 bridgehead atoms. The standard InChI is InChI=1S/C3H4BrN3/c4-7-3-1-2-5-6-7/h1-3,6H. The summed E-state index contributed by atoms with van der Waals surface area (Å²) in [4.78, 5) is 0. The molecule has 0 aliphatic carbocycles. The van der Waals surface area contributed by atoms with Crippen molar-refractivity contribution < 1.29 is 0 Å². The van der Waals surface area contributed by atoms with Gasteiger partial charge in [-0.1, -0.05) is 0 Å². The number of rotatable bonds is 0. The first kappa shape index (κ1) is 4.64. The predicted octanol–water partition coefficient (Wildman–Crippen LogP) is 0.616. The van der Waals surface area contributed by atoms with Crippen molar-refractivity contribution in [3.05, 3.63) is 12.3 Å². The summed E-state index contributed by atoms with van der Waals surface area (Å²) in [7, 11) is 0. The van der Waals surface area contributed by atoms with Crippen LogP contribution in [0, 0.1) is 0 Å². The van der Waals surface area contributed by atoms with Crippen molar-refractivity contribution in [3.8, 4) is 0 Å². The number of halogens is 1. The van der Waals surface area contributed by atoms with Crippen LogP contribution in [0.3, 0.4) is 0 Å². The highest BCUT2D eigenvalue weighted by Crippen LogP contribution is 1.94. The molecular formula is C3H4BrN3. The number of hydrazine groups is 1. The molecule has 0 radical (unpaired) electrons. The SMILES string of the molecule is BrN1C=CC=NN1. The van der Waals surface area contributed by atoms with Crippen LogP contribution in [0.5, 0.6) is 0 Å². The average Bonchev–Trinajstić information content (AvgIpc) is 1.69. The van der Waals surface area contributed by atoms with Crippen molar-refractivity contribution in [2.75, 3.05) is 0 Å². The van der Waals surface area contributed by atoms with Gasteiger partial charge < -0.3 is 0 Å². The molecule has 0 unspecified atom stereocenters. The lowest BCUT2D eigenvalue weighted by atomic mass is 10.7. The Balaban J connectivity index is 2.49. The summed E-state index contributed by atoms with van der Waals surface area (Å²) in [5.41, 5.74) is 2.61. The van der Waals surface area contributed by atoms with E-state index < -0.39 is 0 Å². The minimum Gasteiger partial charge on any atom is -0.212 e. The molecule has 7 heavy (non-hydrogen) atoms. The zero-order valence-corrected chi connectivity index (χ0v) is 5.09. The summed E-state index contributed by atoms with van der Waals surface area (Å²) in [6, 6.07) is 0. The number of nitrogens with one attached hydrogen (secondary N) is 1. The van der Waals surface area contributed by atoms with Crippen molar-refractivity contribution >= 4 is 22.4 Å². The molecule has 0 fully saturated rings. The van der Waals surface area contributed by atoms with E-state index in [0.717, 1.165) is 0 Å². The second-order valence-electron chi connectivity index (χ2n) is 1.03. The Hall–Kier alpha value is -0.510. The van der Waals surface area contributed by atoms with Crippen molar-refractivity contribution in [3.63, 3.8) is 0 Å². The van der Waals surface area contributed by atoms with Gasteiger partial charge in [-0.2, -0.15) is 5.10 Å². The minimum atomic E-state index is 1.58. The molecule has 0 aromatic carbocycles. The molecule has 1 N–H and O–H groups in total. The third kappa shape index (κ3) is 1.19. The Labute approximate surface area is 50.0 Å². The van der Waals surface area contributed by atoms with Gasteiger partial charge in [-0.05, 0) is 6.08 Å². The van der Waals surface area contributed by atoms with Crippen molar-refractivity contribution in [1.29, 1.82) is 0 Å². The Morgan fingerprint density at radius 2 is 2.57 bits per heavy atom.